The standard InChI is InChI=1S/C15H18FN3O2S/c1-10(8-20)18-14-5-6-17-15(19-14)22-9-11-3-4-12(21-2)7-13(11)16/h3-7,10,20H,8-9H2,1-2H3,(H,17,18,19)/t10-/m1/s1. The molecule has 0 unspecified atom stereocenters. The third kappa shape index (κ3) is 4.57. The summed E-state index contributed by atoms with van der Waals surface area (Å²) >= 11 is 1.34. The van der Waals surface area contributed by atoms with Gasteiger partial charge in [0.25, 0.3) is 0 Å². The Morgan fingerprint density at radius 3 is 2.91 bits per heavy atom. The number of benzene rings is 1. The van der Waals surface area contributed by atoms with E-state index in [1.165, 1.54) is 24.9 Å². The third-order valence-electron chi connectivity index (χ3n) is 2.92. The molecule has 0 saturated heterocycles. The molecule has 1 aromatic carbocycles. The first-order valence-electron chi connectivity index (χ1n) is 6.78. The van der Waals surface area contributed by atoms with Gasteiger partial charge in [-0.1, -0.05) is 17.8 Å². The Bertz CT molecular complexity index is 627. The maximum absolute atomic E-state index is 13.9. The van der Waals surface area contributed by atoms with Crippen LogP contribution >= 0.6 is 11.8 Å². The summed E-state index contributed by atoms with van der Waals surface area (Å²) in [6.07, 6.45) is 1.63. The lowest BCUT2D eigenvalue weighted by Gasteiger charge is -2.11. The van der Waals surface area contributed by atoms with E-state index in [1.807, 2.05) is 6.92 Å². The van der Waals surface area contributed by atoms with Gasteiger partial charge in [-0.15, -0.1) is 0 Å². The molecule has 7 heteroatoms. The van der Waals surface area contributed by atoms with Crippen LogP contribution in [0.4, 0.5) is 10.2 Å². The van der Waals surface area contributed by atoms with Crippen LogP contribution in [0.5, 0.6) is 5.75 Å². The summed E-state index contributed by atoms with van der Waals surface area (Å²) in [5, 5.41) is 12.6. The van der Waals surface area contributed by atoms with Crippen molar-refractivity contribution in [1.82, 2.24) is 9.97 Å². The Hall–Kier alpha value is -1.86. The molecule has 0 saturated carbocycles. The van der Waals surface area contributed by atoms with Gasteiger partial charge in [-0.25, -0.2) is 14.4 Å². The largest absolute Gasteiger partial charge is 0.497 e. The maximum Gasteiger partial charge on any atom is 0.189 e. The lowest BCUT2D eigenvalue weighted by atomic mass is 10.2. The van der Waals surface area contributed by atoms with Crippen LogP contribution in [0.3, 0.4) is 0 Å². The molecule has 22 heavy (non-hydrogen) atoms. The zero-order valence-electron chi connectivity index (χ0n) is 12.4. The highest BCUT2D eigenvalue weighted by molar-refractivity contribution is 7.98. The molecule has 0 aliphatic carbocycles. The Labute approximate surface area is 132 Å². The van der Waals surface area contributed by atoms with Gasteiger partial charge in [-0.3, -0.25) is 0 Å². The number of aliphatic hydroxyl groups excluding tert-OH is 1. The quantitative estimate of drug-likeness (QED) is 0.603. The minimum absolute atomic E-state index is 0.0174. The summed E-state index contributed by atoms with van der Waals surface area (Å²) in [7, 11) is 1.50. The smallest absolute Gasteiger partial charge is 0.189 e. The number of aromatic nitrogens is 2. The number of aliphatic hydroxyl groups is 1. The first-order chi connectivity index (χ1) is 10.6. The predicted molar refractivity (Wildman–Crippen MR) is 84.7 cm³/mol. The van der Waals surface area contributed by atoms with Crippen LogP contribution in [-0.4, -0.2) is 34.8 Å². The number of halogens is 1. The average molecular weight is 323 g/mol. The van der Waals surface area contributed by atoms with E-state index in [0.717, 1.165) is 0 Å². The van der Waals surface area contributed by atoms with Crippen molar-refractivity contribution in [2.45, 2.75) is 23.9 Å². The Morgan fingerprint density at radius 1 is 1.41 bits per heavy atom. The predicted octanol–water partition coefficient (Wildman–Crippen LogP) is 2.71. The highest BCUT2D eigenvalue weighted by Gasteiger charge is 2.07. The zero-order valence-corrected chi connectivity index (χ0v) is 13.2. The molecule has 2 aromatic rings. The zero-order chi connectivity index (χ0) is 15.9. The molecule has 0 amide bonds. The number of nitrogens with zero attached hydrogens (tertiary/aromatic N) is 2. The van der Waals surface area contributed by atoms with Crippen LogP contribution in [0.25, 0.3) is 0 Å². The van der Waals surface area contributed by atoms with Gasteiger partial charge in [0.1, 0.15) is 17.4 Å². The number of anilines is 1. The molecular formula is C15H18FN3O2S. The number of rotatable bonds is 7. The number of thioether (sulfide) groups is 1. The van der Waals surface area contributed by atoms with Crippen molar-refractivity contribution in [2.24, 2.45) is 0 Å². The van der Waals surface area contributed by atoms with Crippen molar-refractivity contribution in [3.8, 4) is 5.75 Å². The van der Waals surface area contributed by atoms with E-state index in [1.54, 1.807) is 24.4 Å². The van der Waals surface area contributed by atoms with E-state index in [0.29, 0.717) is 28.0 Å². The minimum atomic E-state index is -0.310. The molecule has 2 rings (SSSR count). The van der Waals surface area contributed by atoms with Gasteiger partial charge in [-0.2, -0.15) is 0 Å². The lowest BCUT2D eigenvalue weighted by Crippen LogP contribution is -2.20. The van der Waals surface area contributed by atoms with Crippen LogP contribution in [0.2, 0.25) is 0 Å². The molecule has 5 nitrogen and oxygen atoms in total. The Kier molecular flexibility index (Phi) is 5.97. The molecule has 2 N–H and O–H groups in total. The van der Waals surface area contributed by atoms with Crippen molar-refractivity contribution in [3.63, 3.8) is 0 Å². The topological polar surface area (TPSA) is 67.3 Å². The van der Waals surface area contributed by atoms with Crippen molar-refractivity contribution in [2.75, 3.05) is 19.0 Å². The molecule has 0 fully saturated rings. The number of methoxy groups -OCH3 is 1. The highest BCUT2D eigenvalue weighted by atomic mass is 32.2. The van der Waals surface area contributed by atoms with Gasteiger partial charge < -0.3 is 15.2 Å². The summed E-state index contributed by atoms with van der Waals surface area (Å²) in [5.41, 5.74) is 0.566. The first kappa shape index (κ1) is 16.5. The first-order valence-corrected chi connectivity index (χ1v) is 7.76. The van der Waals surface area contributed by atoms with E-state index in [4.69, 9.17) is 9.84 Å². The maximum atomic E-state index is 13.9. The molecule has 0 aliphatic rings. The summed E-state index contributed by atoms with van der Waals surface area (Å²) in [6, 6.07) is 6.41. The highest BCUT2D eigenvalue weighted by Crippen LogP contribution is 2.24. The van der Waals surface area contributed by atoms with Crippen LogP contribution < -0.4 is 10.1 Å². The second kappa shape index (κ2) is 7.95. The lowest BCUT2D eigenvalue weighted by molar-refractivity contribution is 0.281. The molecule has 0 bridgehead atoms. The van der Waals surface area contributed by atoms with Crippen LogP contribution in [0.15, 0.2) is 35.6 Å². The van der Waals surface area contributed by atoms with Gasteiger partial charge in [0, 0.05) is 24.1 Å². The van der Waals surface area contributed by atoms with Gasteiger partial charge >= 0.3 is 0 Å². The number of hydrogen-bond acceptors (Lipinski definition) is 6. The molecule has 1 heterocycles. The van der Waals surface area contributed by atoms with Crippen LogP contribution in [0, 0.1) is 5.82 Å². The molecule has 118 valence electrons. The fourth-order valence-corrected chi connectivity index (χ4v) is 2.52. The van der Waals surface area contributed by atoms with Crippen molar-refractivity contribution in [3.05, 3.63) is 41.8 Å². The molecule has 1 aromatic heterocycles. The van der Waals surface area contributed by atoms with Crippen molar-refractivity contribution >= 4 is 17.6 Å². The van der Waals surface area contributed by atoms with Crippen LogP contribution in [0.1, 0.15) is 12.5 Å². The monoisotopic (exact) mass is 323 g/mol. The van der Waals surface area contributed by atoms with Gasteiger partial charge in [0.2, 0.25) is 0 Å². The van der Waals surface area contributed by atoms with Crippen molar-refractivity contribution < 1.29 is 14.2 Å². The minimum Gasteiger partial charge on any atom is -0.497 e. The number of ether oxygens (including phenoxy) is 1. The summed E-state index contributed by atoms with van der Waals surface area (Å²) in [5.74, 6) is 1.24. The van der Waals surface area contributed by atoms with Gasteiger partial charge in [-0.05, 0) is 24.6 Å². The second-order valence-electron chi connectivity index (χ2n) is 4.70. The Morgan fingerprint density at radius 2 is 2.23 bits per heavy atom. The normalized spacial score (nSPS) is 12.0. The number of hydrogen-bond donors (Lipinski definition) is 2. The fraction of sp³-hybridized carbons (Fsp3) is 0.333. The molecule has 1 atom stereocenters. The van der Waals surface area contributed by atoms with Crippen molar-refractivity contribution in [1.29, 1.82) is 0 Å². The molecule has 0 radical (unpaired) electrons. The van der Waals surface area contributed by atoms with E-state index in [2.05, 4.69) is 15.3 Å². The van der Waals surface area contributed by atoms with Gasteiger partial charge in [0.15, 0.2) is 5.16 Å². The second-order valence-corrected chi connectivity index (χ2v) is 5.64. The van der Waals surface area contributed by atoms with E-state index in [9.17, 15) is 4.39 Å². The van der Waals surface area contributed by atoms with E-state index >= 15 is 0 Å². The van der Waals surface area contributed by atoms with E-state index in [-0.39, 0.29) is 18.5 Å². The van der Waals surface area contributed by atoms with E-state index < -0.39 is 0 Å². The number of nitrogens with one attached hydrogen (secondary N) is 1. The Balaban J connectivity index is 2.01. The summed E-state index contributed by atoms with van der Waals surface area (Å²) in [6.45, 7) is 1.87. The summed E-state index contributed by atoms with van der Waals surface area (Å²) in [4.78, 5) is 8.47. The molecule has 0 aliphatic heterocycles. The third-order valence-corrected chi connectivity index (χ3v) is 3.83. The SMILES string of the molecule is COc1ccc(CSc2nccc(N[C@H](C)CO)n2)c(F)c1. The average Bonchev–Trinajstić information content (AvgIpc) is 2.53. The molecular weight excluding hydrogens is 305 g/mol. The van der Waals surface area contributed by atoms with Gasteiger partial charge in [0.05, 0.1) is 13.7 Å². The summed E-state index contributed by atoms with van der Waals surface area (Å²) < 4.78 is 18.8. The van der Waals surface area contributed by atoms with Crippen LogP contribution in [-0.2, 0) is 5.75 Å². The fourth-order valence-electron chi connectivity index (χ4n) is 1.70. The molecule has 0 spiro atoms.